The minimum atomic E-state index is -4.68. The molecule has 35 heavy (non-hydrogen) atoms. The topological polar surface area (TPSA) is 9.23 Å². The van der Waals surface area contributed by atoms with Gasteiger partial charge in [-0.25, -0.2) is 26.3 Å². The zero-order valence-corrected chi connectivity index (χ0v) is 17.8. The lowest BCUT2D eigenvalue weighted by Crippen LogP contribution is -2.25. The SMILES string of the molecule is Cc1ccc(-c2ccc(-c3cc(F)c(C(F)(F)Oc4cc(F)c(F)c(F)c4)c(F)c3)cc2)c(F)c1. The van der Waals surface area contributed by atoms with Crippen molar-refractivity contribution in [2.75, 3.05) is 0 Å². The molecule has 0 saturated heterocycles. The van der Waals surface area contributed by atoms with Crippen molar-refractivity contribution in [3.63, 3.8) is 0 Å². The van der Waals surface area contributed by atoms with Gasteiger partial charge in [-0.3, -0.25) is 0 Å². The number of rotatable bonds is 5. The first kappa shape index (κ1) is 24.3. The molecule has 0 amide bonds. The van der Waals surface area contributed by atoms with E-state index in [0.717, 1.165) is 5.56 Å². The molecule has 0 atom stereocenters. The molecule has 9 heteroatoms. The van der Waals surface area contributed by atoms with Gasteiger partial charge in [0.05, 0.1) is 0 Å². The summed E-state index contributed by atoms with van der Waals surface area (Å²) >= 11 is 0. The Kier molecular flexibility index (Phi) is 6.27. The first-order valence-electron chi connectivity index (χ1n) is 10.0. The average Bonchev–Trinajstić information content (AvgIpc) is 2.76. The normalized spacial score (nSPS) is 11.6. The Labute approximate surface area is 194 Å². The number of aryl methyl sites for hydroxylation is 1. The molecule has 0 fully saturated rings. The molecular weight excluding hydrogens is 480 g/mol. The maximum atomic E-state index is 14.6. The number of alkyl halides is 2. The highest BCUT2D eigenvalue weighted by molar-refractivity contribution is 5.71. The lowest BCUT2D eigenvalue weighted by molar-refractivity contribution is -0.189. The fourth-order valence-electron chi connectivity index (χ4n) is 3.50. The van der Waals surface area contributed by atoms with Crippen LogP contribution in [-0.2, 0) is 6.11 Å². The van der Waals surface area contributed by atoms with Crippen molar-refractivity contribution in [2.45, 2.75) is 13.0 Å². The molecule has 0 N–H and O–H groups in total. The van der Waals surface area contributed by atoms with Gasteiger partial charge in [-0.15, -0.1) is 0 Å². The van der Waals surface area contributed by atoms with Crippen molar-refractivity contribution in [1.82, 2.24) is 0 Å². The van der Waals surface area contributed by atoms with Crippen molar-refractivity contribution in [2.24, 2.45) is 0 Å². The summed E-state index contributed by atoms with van der Waals surface area (Å²) in [6.45, 7) is 1.73. The predicted octanol–water partition coefficient (Wildman–Crippen LogP) is 8.29. The third-order valence-electron chi connectivity index (χ3n) is 5.19. The average molecular weight is 494 g/mol. The minimum absolute atomic E-state index is 0.102. The van der Waals surface area contributed by atoms with E-state index < -0.39 is 52.3 Å². The van der Waals surface area contributed by atoms with Crippen molar-refractivity contribution in [3.8, 4) is 28.0 Å². The standard InChI is InChI=1S/C26H14F8O/c1-13-2-7-18(19(27)8-13)15-5-3-14(4-6-15)16-9-20(28)24(21(29)10-16)26(33,34)35-17-11-22(30)25(32)23(31)12-17/h2-12H,1H3. The fraction of sp³-hybridized carbons (Fsp3) is 0.0769. The molecule has 0 unspecified atom stereocenters. The zero-order chi connectivity index (χ0) is 25.5. The van der Waals surface area contributed by atoms with E-state index in [9.17, 15) is 35.1 Å². The molecule has 1 nitrogen and oxygen atoms in total. The minimum Gasteiger partial charge on any atom is -0.429 e. The van der Waals surface area contributed by atoms with E-state index in [-0.39, 0.29) is 23.3 Å². The fourth-order valence-corrected chi connectivity index (χ4v) is 3.50. The Morgan fingerprint density at radius 3 is 1.66 bits per heavy atom. The van der Waals surface area contributed by atoms with Crippen molar-refractivity contribution >= 4 is 0 Å². The monoisotopic (exact) mass is 494 g/mol. The van der Waals surface area contributed by atoms with Gasteiger partial charge in [0.2, 0.25) is 0 Å². The molecular formula is C26H14F8O. The van der Waals surface area contributed by atoms with Gasteiger partial charge in [0.1, 0.15) is 28.8 Å². The molecule has 0 saturated carbocycles. The van der Waals surface area contributed by atoms with Crippen LogP contribution in [0.25, 0.3) is 22.3 Å². The summed E-state index contributed by atoms with van der Waals surface area (Å²) in [4.78, 5) is 0. The van der Waals surface area contributed by atoms with Crippen LogP contribution in [0, 0.1) is 41.8 Å². The van der Waals surface area contributed by atoms with E-state index in [0.29, 0.717) is 23.3 Å². The van der Waals surface area contributed by atoms with Crippen molar-refractivity contribution in [3.05, 3.63) is 113 Å². The van der Waals surface area contributed by atoms with Crippen LogP contribution in [0.3, 0.4) is 0 Å². The zero-order valence-electron chi connectivity index (χ0n) is 17.8. The van der Waals surface area contributed by atoms with Crippen molar-refractivity contribution < 1.29 is 39.9 Å². The number of ether oxygens (including phenoxy) is 1. The van der Waals surface area contributed by atoms with E-state index in [1.807, 2.05) is 0 Å². The number of hydrogen-bond acceptors (Lipinski definition) is 1. The summed E-state index contributed by atoms with van der Waals surface area (Å²) in [5, 5.41) is 0. The molecule has 180 valence electrons. The second-order valence-electron chi connectivity index (χ2n) is 7.70. The molecule has 0 aliphatic rings. The second-order valence-corrected chi connectivity index (χ2v) is 7.70. The van der Waals surface area contributed by atoms with Gasteiger partial charge >= 0.3 is 6.11 Å². The van der Waals surface area contributed by atoms with Crippen molar-refractivity contribution in [1.29, 1.82) is 0 Å². The van der Waals surface area contributed by atoms with Gasteiger partial charge in [-0.05, 0) is 47.4 Å². The Morgan fingerprint density at radius 2 is 1.11 bits per heavy atom. The van der Waals surface area contributed by atoms with Gasteiger partial charge in [-0.1, -0.05) is 36.4 Å². The Bertz CT molecular complexity index is 1370. The van der Waals surface area contributed by atoms with Gasteiger partial charge in [0.25, 0.3) is 0 Å². The highest BCUT2D eigenvalue weighted by atomic mass is 19.3. The first-order chi connectivity index (χ1) is 16.5. The maximum Gasteiger partial charge on any atom is 0.432 e. The summed E-state index contributed by atoms with van der Waals surface area (Å²) < 4.78 is 116. The summed E-state index contributed by atoms with van der Waals surface area (Å²) in [5.41, 5.74) is -0.135. The van der Waals surface area contributed by atoms with E-state index in [1.165, 1.54) is 30.3 Å². The van der Waals surface area contributed by atoms with E-state index in [4.69, 9.17) is 0 Å². The number of benzene rings is 4. The third-order valence-corrected chi connectivity index (χ3v) is 5.19. The summed E-state index contributed by atoms with van der Waals surface area (Å²) in [7, 11) is 0. The van der Waals surface area contributed by atoms with Gasteiger partial charge in [0, 0.05) is 17.7 Å². The van der Waals surface area contributed by atoms with Crippen LogP contribution < -0.4 is 4.74 Å². The quantitative estimate of drug-likeness (QED) is 0.200. The predicted molar refractivity (Wildman–Crippen MR) is 113 cm³/mol. The summed E-state index contributed by atoms with van der Waals surface area (Å²) in [6, 6.07) is 12.0. The van der Waals surface area contributed by atoms with Gasteiger partial charge < -0.3 is 4.74 Å². The van der Waals surface area contributed by atoms with Crippen LogP contribution in [0.4, 0.5) is 35.1 Å². The molecule has 4 rings (SSSR count). The Balaban J connectivity index is 1.64. The van der Waals surface area contributed by atoms with Gasteiger partial charge in [-0.2, -0.15) is 8.78 Å². The van der Waals surface area contributed by atoms with E-state index >= 15 is 0 Å². The van der Waals surface area contributed by atoms with Gasteiger partial charge in [0.15, 0.2) is 17.5 Å². The Morgan fingerprint density at radius 1 is 0.571 bits per heavy atom. The van der Waals surface area contributed by atoms with Crippen LogP contribution in [0.1, 0.15) is 11.1 Å². The third kappa shape index (κ3) is 4.84. The Hall–Kier alpha value is -3.88. The summed E-state index contributed by atoms with van der Waals surface area (Å²) in [6.07, 6.45) is -4.68. The highest BCUT2D eigenvalue weighted by Crippen LogP contribution is 2.38. The molecule has 4 aromatic rings. The molecule has 4 aromatic carbocycles. The molecule has 0 aromatic heterocycles. The maximum absolute atomic E-state index is 14.6. The molecule has 0 bridgehead atoms. The van der Waals surface area contributed by atoms with Crippen LogP contribution in [0.15, 0.2) is 66.7 Å². The molecule has 0 aliphatic carbocycles. The molecule has 0 radical (unpaired) electrons. The van der Waals surface area contributed by atoms with E-state index in [2.05, 4.69) is 4.74 Å². The second kappa shape index (κ2) is 9.05. The number of hydrogen-bond donors (Lipinski definition) is 0. The summed E-state index contributed by atoms with van der Waals surface area (Å²) in [5.74, 6) is -10.6. The molecule has 0 spiro atoms. The molecule has 0 heterocycles. The highest BCUT2D eigenvalue weighted by Gasteiger charge is 2.41. The molecule has 0 aliphatic heterocycles. The van der Waals surface area contributed by atoms with Crippen LogP contribution in [0.5, 0.6) is 5.75 Å². The number of halogens is 8. The largest absolute Gasteiger partial charge is 0.432 e. The smallest absolute Gasteiger partial charge is 0.429 e. The van der Waals surface area contributed by atoms with Crippen LogP contribution in [-0.4, -0.2) is 0 Å². The lowest BCUT2D eigenvalue weighted by atomic mass is 9.98. The van der Waals surface area contributed by atoms with Crippen LogP contribution in [0.2, 0.25) is 0 Å². The van der Waals surface area contributed by atoms with Crippen LogP contribution >= 0.6 is 0 Å². The van der Waals surface area contributed by atoms with E-state index in [1.54, 1.807) is 19.1 Å². The lowest BCUT2D eigenvalue weighted by Gasteiger charge is -2.20. The first-order valence-corrected chi connectivity index (χ1v) is 10.0.